The molecule has 3 nitrogen and oxygen atoms in total. The SMILES string of the molecule is C[C@H](C(=O)N1CCOCC1)C1CCCCC1. The molecular formula is C13H23NO2. The number of amides is 1. The largest absolute Gasteiger partial charge is 0.378 e. The van der Waals surface area contributed by atoms with Crippen molar-refractivity contribution >= 4 is 5.91 Å². The summed E-state index contributed by atoms with van der Waals surface area (Å²) in [6.45, 7) is 5.12. The molecule has 1 amide bonds. The zero-order valence-electron chi connectivity index (χ0n) is 10.3. The maximum absolute atomic E-state index is 12.3. The highest BCUT2D eigenvalue weighted by molar-refractivity contribution is 5.78. The van der Waals surface area contributed by atoms with Gasteiger partial charge in [0.25, 0.3) is 0 Å². The van der Waals surface area contributed by atoms with Crippen LogP contribution in [-0.4, -0.2) is 37.1 Å². The fraction of sp³-hybridized carbons (Fsp3) is 0.923. The maximum Gasteiger partial charge on any atom is 0.225 e. The number of rotatable bonds is 2. The number of carbonyl (C=O) groups excluding carboxylic acids is 1. The van der Waals surface area contributed by atoms with Gasteiger partial charge in [0.1, 0.15) is 0 Å². The van der Waals surface area contributed by atoms with Gasteiger partial charge >= 0.3 is 0 Å². The molecule has 0 radical (unpaired) electrons. The molecule has 3 heteroatoms. The van der Waals surface area contributed by atoms with E-state index in [4.69, 9.17) is 4.74 Å². The Balaban J connectivity index is 1.86. The number of ether oxygens (including phenoxy) is 1. The fourth-order valence-corrected chi connectivity index (χ4v) is 2.91. The van der Waals surface area contributed by atoms with E-state index < -0.39 is 0 Å². The Bertz CT molecular complexity index is 230. The molecule has 1 aliphatic heterocycles. The van der Waals surface area contributed by atoms with E-state index in [0.717, 1.165) is 13.1 Å². The van der Waals surface area contributed by atoms with Crippen LogP contribution in [-0.2, 0) is 9.53 Å². The molecule has 0 spiro atoms. The zero-order valence-corrected chi connectivity index (χ0v) is 10.3. The van der Waals surface area contributed by atoms with Crippen LogP contribution in [0.5, 0.6) is 0 Å². The second-order valence-corrected chi connectivity index (χ2v) is 5.12. The van der Waals surface area contributed by atoms with Crippen molar-refractivity contribution in [2.24, 2.45) is 11.8 Å². The van der Waals surface area contributed by atoms with Crippen LogP contribution >= 0.6 is 0 Å². The second-order valence-electron chi connectivity index (χ2n) is 5.12. The highest BCUT2D eigenvalue weighted by atomic mass is 16.5. The van der Waals surface area contributed by atoms with E-state index in [2.05, 4.69) is 6.92 Å². The quantitative estimate of drug-likeness (QED) is 0.720. The van der Waals surface area contributed by atoms with E-state index >= 15 is 0 Å². The van der Waals surface area contributed by atoms with Gasteiger partial charge in [-0.15, -0.1) is 0 Å². The van der Waals surface area contributed by atoms with E-state index in [1.807, 2.05) is 4.90 Å². The lowest BCUT2D eigenvalue weighted by Gasteiger charge is -2.33. The van der Waals surface area contributed by atoms with Crippen molar-refractivity contribution in [1.82, 2.24) is 4.90 Å². The summed E-state index contributed by atoms with van der Waals surface area (Å²) in [6, 6.07) is 0. The Morgan fingerprint density at radius 2 is 1.81 bits per heavy atom. The smallest absolute Gasteiger partial charge is 0.225 e. The fourth-order valence-electron chi connectivity index (χ4n) is 2.91. The summed E-state index contributed by atoms with van der Waals surface area (Å²) in [5.74, 6) is 1.21. The average molecular weight is 225 g/mol. The predicted molar refractivity (Wildman–Crippen MR) is 63.1 cm³/mol. The van der Waals surface area contributed by atoms with Crippen LogP contribution in [0.25, 0.3) is 0 Å². The van der Waals surface area contributed by atoms with Crippen molar-refractivity contribution in [1.29, 1.82) is 0 Å². The van der Waals surface area contributed by atoms with Crippen LogP contribution < -0.4 is 0 Å². The van der Waals surface area contributed by atoms with Crippen LogP contribution in [0.15, 0.2) is 0 Å². The van der Waals surface area contributed by atoms with Crippen LogP contribution in [0.4, 0.5) is 0 Å². The normalized spacial score (nSPS) is 25.4. The molecule has 2 rings (SSSR count). The van der Waals surface area contributed by atoms with Crippen molar-refractivity contribution < 1.29 is 9.53 Å². The number of morpholine rings is 1. The van der Waals surface area contributed by atoms with E-state index in [1.54, 1.807) is 0 Å². The van der Waals surface area contributed by atoms with Crippen LogP contribution in [0.3, 0.4) is 0 Å². The summed E-state index contributed by atoms with van der Waals surface area (Å²) in [5.41, 5.74) is 0. The molecule has 16 heavy (non-hydrogen) atoms. The van der Waals surface area contributed by atoms with Crippen molar-refractivity contribution in [2.75, 3.05) is 26.3 Å². The molecule has 2 fully saturated rings. The first-order valence-corrected chi connectivity index (χ1v) is 6.65. The van der Waals surface area contributed by atoms with E-state index in [0.29, 0.717) is 25.0 Å². The first kappa shape index (κ1) is 11.9. The maximum atomic E-state index is 12.3. The third kappa shape index (κ3) is 2.76. The lowest BCUT2D eigenvalue weighted by molar-refractivity contribution is -0.141. The molecule has 0 N–H and O–H groups in total. The van der Waals surface area contributed by atoms with Gasteiger partial charge in [0.05, 0.1) is 13.2 Å². The van der Waals surface area contributed by atoms with Gasteiger partial charge in [-0.05, 0) is 18.8 Å². The summed E-state index contributed by atoms with van der Waals surface area (Å²) in [5, 5.41) is 0. The molecule has 0 aromatic rings. The number of nitrogens with zero attached hydrogens (tertiary/aromatic N) is 1. The molecule has 2 aliphatic rings. The Hall–Kier alpha value is -0.570. The third-order valence-electron chi connectivity index (χ3n) is 4.07. The highest BCUT2D eigenvalue weighted by Crippen LogP contribution is 2.30. The van der Waals surface area contributed by atoms with Crippen molar-refractivity contribution in [2.45, 2.75) is 39.0 Å². The van der Waals surface area contributed by atoms with Gasteiger partial charge in [-0.25, -0.2) is 0 Å². The van der Waals surface area contributed by atoms with E-state index in [-0.39, 0.29) is 5.92 Å². The first-order chi connectivity index (χ1) is 7.79. The molecule has 0 unspecified atom stereocenters. The van der Waals surface area contributed by atoms with Crippen molar-refractivity contribution in [3.8, 4) is 0 Å². The number of carbonyl (C=O) groups is 1. The summed E-state index contributed by atoms with van der Waals surface area (Å²) in [6.07, 6.45) is 6.47. The molecule has 0 bridgehead atoms. The summed E-state index contributed by atoms with van der Waals surface area (Å²) >= 11 is 0. The van der Waals surface area contributed by atoms with Crippen molar-refractivity contribution in [3.63, 3.8) is 0 Å². The molecule has 1 saturated carbocycles. The molecule has 1 heterocycles. The molecular weight excluding hydrogens is 202 g/mol. The van der Waals surface area contributed by atoms with E-state index in [1.165, 1.54) is 32.1 Å². The lowest BCUT2D eigenvalue weighted by atomic mass is 9.80. The first-order valence-electron chi connectivity index (χ1n) is 6.65. The van der Waals surface area contributed by atoms with Gasteiger partial charge in [0.2, 0.25) is 5.91 Å². The van der Waals surface area contributed by atoms with Gasteiger partial charge < -0.3 is 9.64 Å². The molecule has 1 atom stereocenters. The van der Waals surface area contributed by atoms with Gasteiger partial charge in [-0.3, -0.25) is 4.79 Å². The minimum absolute atomic E-state index is 0.221. The van der Waals surface area contributed by atoms with Crippen LogP contribution in [0.1, 0.15) is 39.0 Å². The minimum atomic E-state index is 0.221. The molecule has 0 aromatic heterocycles. The van der Waals surface area contributed by atoms with Gasteiger partial charge in [-0.1, -0.05) is 26.2 Å². The topological polar surface area (TPSA) is 29.5 Å². The van der Waals surface area contributed by atoms with Crippen LogP contribution in [0, 0.1) is 11.8 Å². The zero-order chi connectivity index (χ0) is 11.4. The Morgan fingerprint density at radius 3 is 2.44 bits per heavy atom. The number of hydrogen-bond donors (Lipinski definition) is 0. The molecule has 0 aromatic carbocycles. The van der Waals surface area contributed by atoms with Gasteiger partial charge in [-0.2, -0.15) is 0 Å². The highest BCUT2D eigenvalue weighted by Gasteiger charge is 2.29. The van der Waals surface area contributed by atoms with Crippen molar-refractivity contribution in [3.05, 3.63) is 0 Å². The Morgan fingerprint density at radius 1 is 1.19 bits per heavy atom. The third-order valence-corrected chi connectivity index (χ3v) is 4.07. The minimum Gasteiger partial charge on any atom is -0.378 e. The van der Waals surface area contributed by atoms with Gasteiger partial charge in [0, 0.05) is 19.0 Å². The van der Waals surface area contributed by atoms with Gasteiger partial charge in [0.15, 0.2) is 0 Å². The second kappa shape index (κ2) is 5.67. The standard InChI is InChI=1S/C13H23NO2/c1-11(12-5-3-2-4-6-12)13(15)14-7-9-16-10-8-14/h11-12H,2-10H2,1H3/t11-/m0/s1. The summed E-state index contributed by atoms with van der Waals surface area (Å²) in [7, 11) is 0. The molecule has 1 aliphatic carbocycles. The van der Waals surface area contributed by atoms with Crippen LogP contribution in [0.2, 0.25) is 0 Å². The average Bonchev–Trinajstić information content (AvgIpc) is 2.39. The summed E-state index contributed by atoms with van der Waals surface area (Å²) in [4.78, 5) is 14.3. The van der Waals surface area contributed by atoms with E-state index in [9.17, 15) is 4.79 Å². The predicted octanol–water partition coefficient (Wildman–Crippen LogP) is 2.06. The summed E-state index contributed by atoms with van der Waals surface area (Å²) < 4.78 is 5.28. The molecule has 1 saturated heterocycles. The number of hydrogen-bond acceptors (Lipinski definition) is 2. The lowest BCUT2D eigenvalue weighted by Crippen LogP contribution is -2.44. The Kier molecular flexibility index (Phi) is 4.22. The molecule has 92 valence electrons. The Labute approximate surface area is 98.1 Å². The monoisotopic (exact) mass is 225 g/mol.